The van der Waals surface area contributed by atoms with Crippen molar-refractivity contribution in [2.24, 2.45) is 0 Å². The number of hydrogen-bond acceptors (Lipinski definition) is 3. The molecule has 1 aromatic heterocycles. The van der Waals surface area contributed by atoms with Gasteiger partial charge in [-0.15, -0.1) is 0 Å². The Morgan fingerprint density at radius 2 is 1.96 bits per heavy atom. The summed E-state index contributed by atoms with van der Waals surface area (Å²) in [6.07, 6.45) is 1.70. The molecule has 3 aromatic rings. The lowest BCUT2D eigenvalue weighted by Gasteiger charge is -2.12. The number of amides is 2. The number of carbonyl (C=O) groups excluding carboxylic acids is 2. The highest BCUT2D eigenvalue weighted by atomic mass is 35.5. The minimum atomic E-state index is -0.679. The molecule has 0 saturated carbocycles. The van der Waals surface area contributed by atoms with Crippen LogP contribution in [0.2, 0.25) is 5.02 Å². The summed E-state index contributed by atoms with van der Waals surface area (Å²) in [5.41, 5.74) is 4.54. The van der Waals surface area contributed by atoms with E-state index < -0.39 is 6.04 Å². The summed E-state index contributed by atoms with van der Waals surface area (Å²) in [4.78, 5) is 25.0. The fourth-order valence-electron chi connectivity index (χ4n) is 3.38. The molecule has 2 aromatic carbocycles. The monoisotopic (exact) mass is 394 g/mol. The first-order valence-corrected chi connectivity index (χ1v) is 9.31. The summed E-state index contributed by atoms with van der Waals surface area (Å²) in [6.45, 7) is 3.94. The van der Waals surface area contributed by atoms with Gasteiger partial charge in [0.25, 0.3) is 5.91 Å². The number of fused-ring (bicyclic) bond motifs is 1. The van der Waals surface area contributed by atoms with Crippen LogP contribution in [0.5, 0.6) is 0 Å². The fourth-order valence-corrected chi connectivity index (χ4v) is 3.51. The molecule has 0 aliphatic carbocycles. The van der Waals surface area contributed by atoms with Crippen LogP contribution in [-0.2, 0) is 9.59 Å². The van der Waals surface area contributed by atoms with E-state index in [1.54, 1.807) is 23.0 Å². The first-order chi connectivity index (χ1) is 13.4. The molecule has 1 atom stereocenters. The van der Waals surface area contributed by atoms with Gasteiger partial charge in [0.15, 0.2) is 0 Å². The number of rotatable bonds is 4. The molecule has 2 N–H and O–H groups in total. The maximum absolute atomic E-state index is 12.5. The molecule has 7 heteroatoms. The van der Waals surface area contributed by atoms with Crippen molar-refractivity contribution in [1.29, 1.82) is 0 Å². The van der Waals surface area contributed by atoms with Crippen LogP contribution in [0.3, 0.4) is 0 Å². The lowest BCUT2D eigenvalue weighted by atomic mass is 10.1. The molecular weight excluding hydrogens is 376 g/mol. The molecule has 1 unspecified atom stereocenters. The Labute approximate surface area is 167 Å². The Balaban J connectivity index is 1.53. The molecule has 0 bridgehead atoms. The van der Waals surface area contributed by atoms with Gasteiger partial charge in [0.1, 0.15) is 11.9 Å². The number of aromatic nitrogens is 2. The van der Waals surface area contributed by atoms with Crippen molar-refractivity contribution < 1.29 is 9.59 Å². The van der Waals surface area contributed by atoms with Gasteiger partial charge in [-0.25, -0.2) is 4.68 Å². The molecule has 0 spiro atoms. The second kappa shape index (κ2) is 7.13. The van der Waals surface area contributed by atoms with E-state index in [2.05, 4.69) is 15.7 Å². The summed E-state index contributed by atoms with van der Waals surface area (Å²) in [7, 11) is 0. The average Bonchev–Trinajstić information content (AvgIpc) is 3.18. The number of benzene rings is 2. The minimum Gasteiger partial charge on any atom is -0.326 e. The van der Waals surface area contributed by atoms with Crippen molar-refractivity contribution in [2.75, 3.05) is 10.6 Å². The Bertz CT molecular complexity index is 1070. The molecule has 2 heterocycles. The van der Waals surface area contributed by atoms with Crippen LogP contribution in [0.15, 0.2) is 48.7 Å². The Hall–Kier alpha value is -3.12. The van der Waals surface area contributed by atoms with Crippen molar-refractivity contribution in [2.45, 2.75) is 26.3 Å². The van der Waals surface area contributed by atoms with E-state index in [1.807, 2.05) is 44.2 Å². The number of halogens is 1. The van der Waals surface area contributed by atoms with Gasteiger partial charge < -0.3 is 10.6 Å². The quantitative estimate of drug-likeness (QED) is 0.691. The minimum absolute atomic E-state index is 0.00782. The first-order valence-electron chi connectivity index (χ1n) is 8.94. The van der Waals surface area contributed by atoms with E-state index >= 15 is 0 Å². The second-order valence-electron chi connectivity index (χ2n) is 6.93. The highest BCUT2D eigenvalue weighted by Crippen LogP contribution is 2.36. The lowest BCUT2D eigenvalue weighted by molar-refractivity contribution is -0.123. The maximum atomic E-state index is 12.5. The third-order valence-corrected chi connectivity index (χ3v) is 5.08. The largest absolute Gasteiger partial charge is 0.326 e. The highest BCUT2D eigenvalue weighted by Gasteiger charge is 2.35. The van der Waals surface area contributed by atoms with Crippen LogP contribution in [0.25, 0.3) is 11.1 Å². The number of anilines is 2. The molecule has 0 saturated heterocycles. The predicted octanol–water partition coefficient (Wildman–Crippen LogP) is 4.34. The van der Waals surface area contributed by atoms with Gasteiger partial charge in [0.2, 0.25) is 5.91 Å². The predicted molar refractivity (Wildman–Crippen MR) is 110 cm³/mol. The van der Waals surface area contributed by atoms with Crippen LogP contribution >= 0.6 is 11.6 Å². The van der Waals surface area contributed by atoms with Crippen LogP contribution < -0.4 is 10.6 Å². The molecular formula is C21H19ClN4O2. The Kier molecular flexibility index (Phi) is 4.65. The standard InChI is InChI=1S/C21H19ClN4O2/c1-12-3-8-17(13(2)9-12)24-19(27)10-18-21(28)25-20-16(11-23-26(18)20)14-4-6-15(22)7-5-14/h3-9,11,18H,10H2,1-2H3,(H,24,27)(H,25,28). The molecule has 0 radical (unpaired) electrons. The molecule has 2 amide bonds. The number of carbonyl (C=O) groups is 2. The van der Waals surface area contributed by atoms with Crippen molar-refractivity contribution in [1.82, 2.24) is 9.78 Å². The summed E-state index contributed by atoms with van der Waals surface area (Å²) >= 11 is 5.95. The van der Waals surface area contributed by atoms with Gasteiger partial charge >= 0.3 is 0 Å². The van der Waals surface area contributed by atoms with E-state index in [0.29, 0.717) is 10.8 Å². The van der Waals surface area contributed by atoms with Crippen LogP contribution in [0, 0.1) is 13.8 Å². The third kappa shape index (κ3) is 3.39. The fraction of sp³-hybridized carbons (Fsp3) is 0.190. The van der Waals surface area contributed by atoms with Crippen LogP contribution in [-0.4, -0.2) is 21.6 Å². The van der Waals surface area contributed by atoms with Crippen molar-refractivity contribution in [3.8, 4) is 11.1 Å². The zero-order valence-electron chi connectivity index (χ0n) is 15.5. The van der Waals surface area contributed by atoms with Gasteiger partial charge in [-0.3, -0.25) is 9.59 Å². The molecule has 6 nitrogen and oxygen atoms in total. The van der Waals surface area contributed by atoms with Crippen molar-refractivity contribution >= 4 is 34.9 Å². The number of aryl methyl sites for hydroxylation is 2. The molecule has 1 aliphatic heterocycles. The summed E-state index contributed by atoms with van der Waals surface area (Å²) in [5, 5.41) is 10.7. The van der Waals surface area contributed by atoms with Gasteiger partial charge in [0, 0.05) is 16.3 Å². The third-order valence-electron chi connectivity index (χ3n) is 4.82. The van der Waals surface area contributed by atoms with Gasteiger partial charge in [0.05, 0.1) is 12.6 Å². The number of hydrogen-bond donors (Lipinski definition) is 2. The molecule has 28 heavy (non-hydrogen) atoms. The topological polar surface area (TPSA) is 76.0 Å². The zero-order valence-corrected chi connectivity index (χ0v) is 16.2. The second-order valence-corrected chi connectivity index (χ2v) is 7.37. The zero-order chi connectivity index (χ0) is 19.8. The van der Waals surface area contributed by atoms with Gasteiger partial charge in [-0.05, 0) is 43.2 Å². The summed E-state index contributed by atoms with van der Waals surface area (Å²) in [5.74, 6) is 0.120. The number of nitrogens with zero attached hydrogens (tertiary/aromatic N) is 2. The Morgan fingerprint density at radius 1 is 1.21 bits per heavy atom. The average molecular weight is 395 g/mol. The van der Waals surface area contributed by atoms with Gasteiger partial charge in [-0.1, -0.05) is 41.4 Å². The van der Waals surface area contributed by atoms with E-state index in [-0.39, 0.29) is 18.2 Å². The number of nitrogens with one attached hydrogen (secondary N) is 2. The van der Waals surface area contributed by atoms with Crippen LogP contribution in [0.4, 0.5) is 11.5 Å². The SMILES string of the molecule is Cc1ccc(NC(=O)CC2C(=O)Nc3c(-c4ccc(Cl)cc4)cnn32)c(C)c1. The van der Waals surface area contributed by atoms with E-state index in [9.17, 15) is 9.59 Å². The van der Waals surface area contributed by atoms with Gasteiger partial charge in [-0.2, -0.15) is 5.10 Å². The lowest BCUT2D eigenvalue weighted by Crippen LogP contribution is -2.23. The molecule has 0 fully saturated rings. The van der Waals surface area contributed by atoms with E-state index in [4.69, 9.17) is 11.6 Å². The normalized spacial score (nSPS) is 15.2. The van der Waals surface area contributed by atoms with E-state index in [0.717, 1.165) is 27.9 Å². The van der Waals surface area contributed by atoms with E-state index in [1.165, 1.54) is 0 Å². The maximum Gasteiger partial charge on any atom is 0.251 e. The van der Waals surface area contributed by atoms with Crippen molar-refractivity contribution in [3.63, 3.8) is 0 Å². The summed E-state index contributed by atoms with van der Waals surface area (Å²) < 4.78 is 1.58. The first kappa shape index (κ1) is 18.3. The Morgan fingerprint density at radius 3 is 2.68 bits per heavy atom. The smallest absolute Gasteiger partial charge is 0.251 e. The highest BCUT2D eigenvalue weighted by molar-refractivity contribution is 6.30. The molecule has 4 rings (SSSR count). The van der Waals surface area contributed by atoms with Crippen LogP contribution in [0.1, 0.15) is 23.6 Å². The van der Waals surface area contributed by atoms with Crippen molar-refractivity contribution in [3.05, 3.63) is 64.8 Å². The summed E-state index contributed by atoms with van der Waals surface area (Å²) in [6, 6.07) is 12.4. The molecule has 1 aliphatic rings. The molecule has 142 valence electrons.